The molecule has 1 amide bonds. The summed E-state index contributed by atoms with van der Waals surface area (Å²) < 4.78 is 26.0. The van der Waals surface area contributed by atoms with Gasteiger partial charge >= 0.3 is 0 Å². The van der Waals surface area contributed by atoms with E-state index in [4.69, 9.17) is 11.6 Å². The number of hydrogen-bond acceptors (Lipinski definition) is 5. The summed E-state index contributed by atoms with van der Waals surface area (Å²) in [6, 6.07) is 9.20. The van der Waals surface area contributed by atoms with Gasteiger partial charge in [-0.25, -0.2) is 8.42 Å². The Hall–Kier alpha value is -2.16. The van der Waals surface area contributed by atoms with Gasteiger partial charge in [-0.05, 0) is 50.1 Å². The van der Waals surface area contributed by atoms with Gasteiger partial charge < -0.3 is 5.32 Å². The smallest absolute Gasteiger partial charge is 0.268 e. The first-order chi connectivity index (χ1) is 12.8. The van der Waals surface area contributed by atoms with Crippen LogP contribution in [-0.4, -0.2) is 24.5 Å². The Kier molecular flexibility index (Phi) is 4.57. The van der Waals surface area contributed by atoms with E-state index in [1.54, 1.807) is 13.0 Å². The minimum absolute atomic E-state index is 0.0113. The number of benzene rings is 1. The van der Waals surface area contributed by atoms with E-state index in [9.17, 15) is 13.2 Å². The highest BCUT2D eigenvalue weighted by atomic mass is 35.5. The van der Waals surface area contributed by atoms with Gasteiger partial charge in [0, 0.05) is 27.6 Å². The van der Waals surface area contributed by atoms with Gasteiger partial charge in [-0.1, -0.05) is 11.6 Å². The summed E-state index contributed by atoms with van der Waals surface area (Å²) in [5.74, 6) is 0.380. The first-order valence-electron chi connectivity index (χ1n) is 8.32. The number of H-pyrrole nitrogens is 1. The predicted molar refractivity (Wildman–Crippen MR) is 104 cm³/mol. The molecule has 0 atom stereocenters. The number of rotatable bonds is 5. The van der Waals surface area contributed by atoms with Gasteiger partial charge in [0.1, 0.15) is 4.88 Å². The lowest BCUT2D eigenvalue weighted by molar-refractivity contribution is 0.102. The average molecular weight is 422 g/mol. The Balaban J connectivity index is 1.65. The molecule has 0 radical (unpaired) electrons. The van der Waals surface area contributed by atoms with Crippen molar-refractivity contribution in [3.05, 3.63) is 56.9 Å². The number of halogens is 1. The van der Waals surface area contributed by atoms with E-state index in [0.29, 0.717) is 16.8 Å². The van der Waals surface area contributed by atoms with Crippen molar-refractivity contribution in [1.29, 1.82) is 0 Å². The largest absolute Gasteiger partial charge is 0.304 e. The number of aryl methyl sites for hydroxylation is 1. The number of hydrogen-bond donors (Lipinski definition) is 2. The van der Waals surface area contributed by atoms with Crippen LogP contribution in [0.1, 0.15) is 39.0 Å². The molecule has 2 aromatic heterocycles. The number of anilines is 1. The molecule has 9 heteroatoms. The molecular formula is C18H16ClN3O3S2. The molecule has 1 aromatic carbocycles. The number of aromatic amines is 1. The van der Waals surface area contributed by atoms with Crippen LogP contribution in [0.4, 0.5) is 5.82 Å². The highest BCUT2D eigenvalue weighted by molar-refractivity contribution is 7.91. The molecule has 3 aromatic rings. The second-order valence-corrected chi connectivity index (χ2v) is 10.1. The minimum atomic E-state index is -3.84. The summed E-state index contributed by atoms with van der Waals surface area (Å²) in [5.41, 5.74) is 0.988. The fraction of sp³-hybridized carbons (Fsp3) is 0.222. The van der Waals surface area contributed by atoms with Crippen LogP contribution >= 0.6 is 22.9 Å². The van der Waals surface area contributed by atoms with Gasteiger partial charge in [0.2, 0.25) is 9.84 Å². The van der Waals surface area contributed by atoms with Crippen molar-refractivity contribution < 1.29 is 13.2 Å². The normalized spacial score (nSPS) is 14.3. The molecular weight excluding hydrogens is 406 g/mol. The Bertz CT molecular complexity index is 1110. The zero-order valence-corrected chi connectivity index (χ0v) is 16.7. The molecule has 1 aliphatic carbocycles. The quantitative estimate of drug-likeness (QED) is 0.638. The van der Waals surface area contributed by atoms with E-state index in [1.807, 2.05) is 0 Å². The molecule has 140 valence electrons. The van der Waals surface area contributed by atoms with Crippen molar-refractivity contribution in [3.63, 3.8) is 0 Å². The molecule has 1 aliphatic rings. The SMILES string of the molecule is Cc1cc(S(=O)(=O)c2ccc(Cl)cc2)c(C(=O)Nc2cc(C3CC3)[nH]n2)s1. The fourth-order valence-corrected chi connectivity index (χ4v) is 5.64. The van der Waals surface area contributed by atoms with Crippen LogP contribution in [0.25, 0.3) is 0 Å². The molecule has 2 N–H and O–H groups in total. The molecule has 1 saturated carbocycles. The topological polar surface area (TPSA) is 91.9 Å². The summed E-state index contributed by atoms with van der Waals surface area (Å²) in [5, 5.41) is 10.1. The molecule has 0 unspecified atom stereocenters. The summed E-state index contributed by atoms with van der Waals surface area (Å²) in [7, 11) is -3.84. The number of amides is 1. The molecule has 4 rings (SSSR count). The van der Waals surface area contributed by atoms with Crippen LogP contribution in [0.15, 0.2) is 46.2 Å². The van der Waals surface area contributed by atoms with Gasteiger partial charge in [-0.15, -0.1) is 11.3 Å². The third-order valence-electron chi connectivity index (χ3n) is 4.30. The second kappa shape index (κ2) is 6.78. The lowest BCUT2D eigenvalue weighted by Gasteiger charge is -2.06. The fourth-order valence-electron chi connectivity index (χ4n) is 2.77. The summed E-state index contributed by atoms with van der Waals surface area (Å²) in [6.07, 6.45) is 2.23. The van der Waals surface area contributed by atoms with Crippen molar-refractivity contribution in [2.75, 3.05) is 5.32 Å². The standard InChI is InChI=1S/C18H16ClN3O3S2/c1-10-8-15(27(24,25)13-6-4-12(19)5-7-13)17(26-10)18(23)20-16-9-14(21-22-16)11-2-3-11/h4-9,11H,2-3H2,1H3,(H2,20,21,22,23). The number of carbonyl (C=O) groups excluding carboxylic acids is 1. The summed E-state index contributed by atoms with van der Waals surface area (Å²) in [4.78, 5) is 13.7. The van der Waals surface area contributed by atoms with Gasteiger partial charge in [0.05, 0.1) is 9.79 Å². The number of nitrogens with zero attached hydrogens (tertiary/aromatic N) is 1. The molecule has 6 nitrogen and oxygen atoms in total. The molecule has 1 fully saturated rings. The van der Waals surface area contributed by atoms with Gasteiger partial charge in [-0.2, -0.15) is 5.10 Å². The van der Waals surface area contributed by atoms with Crippen molar-refractivity contribution in [3.8, 4) is 0 Å². The summed E-state index contributed by atoms with van der Waals surface area (Å²) in [6.45, 7) is 1.77. The zero-order chi connectivity index (χ0) is 19.2. The van der Waals surface area contributed by atoms with Gasteiger partial charge in [0.15, 0.2) is 5.82 Å². The van der Waals surface area contributed by atoms with E-state index < -0.39 is 15.7 Å². The van der Waals surface area contributed by atoms with Crippen molar-refractivity contribution in [2.45, 2.75) is 35.5 Å². The van der Waals surface area contributed by atoms with Crippen molar-refractivity contribution in [2.24, 2.45) is 0 Å². The number of carbonyl (C=O) groups is 1. The van der Waals surface area contributed by atoms with Crippen molar-refractivity contribution >= 4 is 44.5 Å². The Morgan fingerprint density at radius 3 is 2.63 bits per heavy atom. The van der Waals surface area contributed by atoms with E-state index in [-0.39, 0.29) is 14.7 Å². The lowest BCUT2D eigenvalue weighted by Crippen LogP contribution is -2.14. The van der Waals surface area contributed by atoms with Crippen LogP contribution in [-0.2, 0) is 9.84 Å². The minimum Gasteiger partial charge on any atom is -0.304 e. The number of thiophene rings is 1. The monoisotopic (exact) mass is 421 g/mol. The zero-order valence-electron chi connectivity index (χ0n) is 14.3. The number of sulfone groups is 1. The van der Waals surface area contributed by atoms with Gasteiger partial charge in [-0.3, -0.25) is 9.89 Å². The molecule has 0 spiro atoms. The Labute approximate surface area is 165 Å². The van der Waals surface area contributed by atoms with E-state index in [1.165, 1.54) is 30.3 Å². The van der Waals surface area contributed by atoms with Crippen LogP contribution in [0.5, 0.6) is 0 Å². The average Bonchev–Trinajstić information content (AvgIpc) is 3.24. The summed E-state index contributed by atoms with van der Waals surface area (Å²) >= 11 is 6.98. The molecule has 2 heterocycles. The number of aromatic nitrogens is 2. The highest BCUT2D eigenvalue weighted by Crippen LogP contribution is 2.39. The third kappa shape index (κ3) is 3.65. The van der Waals surface area contributed by atoms with Crippen LogP contribution in [0.2, 0.25) is 5.02 Å². The second-order valence-electron chi connectivity index (χ2n) is 6.44. The van der Waals surface area contributed by atoms with Crippen LogP contribution < -0.4 is 5.32 Å². The molecule has 27 heavy (non-hydrogen) atoms. The first-order valence-corrected chi connectivity index (χ1v) is 11.0. The van der Waals surface area contributed by atoms with E-state index in [0.717, 1.165) is 34.7 Å². The predicted octanol–water partition coefficient (Wildman–Crippen LogP) is 4.40. The van der Waals surface area contributed by atoms with Crippen molar-refractivity contribution in [1.82, 2.24) is 10.2 Å². The molecule has 0 bridgehead atoms. The maximum absolute atomic E-state index is 13.0. The van der Waals surface area contributed by atoms with Crippen LogP contribution in [0.3, 0.4) is 0 Å². The Morgan fingerprint density at radius 2 is 1.96 bits per heavy atom. The third-order valence-corrected chi connectivity index (χ3v) is 7.52. The van der Waals surface area contributed by atoms with Gasteiger partial charge in [0.25, 0.3) is 5.91 Å². The van der Waals surface area contributed by atoms with E-state index in [2.05, 4.69) is 15.5 Å². The Morgan fingerprint density at radius 1 is 1.26 bits per heavy atom. The molecule has 0 saturated heterocycles. The van der Waals surface area contributed by atoms with Crippen LogP contribution in [0, 0.1) is 6.92 Å². The highest BCUT2D eigenvalue weighted by Gasteiger charge is 2.29. The maximum Gasteiger partial charge on any atom is 0.268 e. The maximum atomic E-state index is 13.0. The lowest BCUT2D eigenvalue weighted by atomic mass is 10.3. The molecule has 0 aliphatic heterocycles. The number of nitrogens with one attached hydrogen (secondary N) is 2. The van der Waals surface area contributed by atoms with E-state index >= 15 is 0 Å². The first kappa shape index (κ1) is 18.2.